The minimum Gasteiger partial charge on any atom is -0.378 e. The highest BCUT2D eigenvalue weighted by Gasteiger charge is 2.38. The summed E-state index contributed by atoms with van der Waals surface area (Å²) in [5, 5.41) is 7.14. The van der Waals surface area contributed by atoms with Crippen LogP contribution in [0.4, 0.5) is 0 Å². The van der Waals surface area contributed by atoms with E-state index in [9.17, 15) is 9.59 Å². The summed E-state index contributed by atoms with van der Waals surface area (Å²) in [7, 11) is 1.77. The number of aryl methyl sites for hydroxylation is 1. The largest absolute Gasteiger partial charge is 0.378 e. The Morgan fingerprint density at radius 3 is 2.61 bits per heavy atom. The summed E-state index contributed by atoms with van der Waals surface area (Å²) in [6.07, 6.45) is 6.84. The zero-order valence-electron chi connectivity index (χ0n) is 16.7. The highest BCUT2D eigenvalue weighted by atomic mass is 16.5. The third-order valence-corrected chi connectivity index (χ3v) is 6.26. The van der Waals surface area contributed by atoms with Crippen LogP contribution in [-0.2, 0) is 16.6 Å². The van der Waals surface area contributed by atoms with E-state index in [1.165, 1.54) is 12.8 Å². The van der Waals surface area contributed by atoms with Crippen LogP contribution in [0.3, 0.4) is 0 Å². The predicted octanol–water partition coefficient (Wildman–Crippen LogP) is 0.642. The molecule has 2 aliphatic heterocycles. The van der Waals surface area contributed by atoms with Gasteiger partial charge >= 0.3 is 0 Å². The summed E-state index contributed by atoms with van der Waals surface area (Å²) in [5.41, 5.74) is 0.575. The first-order valence-corrected chi connectivity index (χ1v) is 10.5. The molecule has 0 unspecified atom stereocenters. The third kappa shape index (κ3) is 4.55. The maximum atomic E-state index is 12.7. The van der Waals surface area contributed by atoms with Crippen LogP contribution in [0.1, 0.15) is 42.6 Å². The quantitative estimate of drug-likeness (QED) is 0.740. The molecule has 3 heterocycles. The number of amides is 2. The molecule has 1 N–H and O–H groups in total. The van der Waals surface area contributed by atoms with Crippen molar-refractivity contribution in [3.05, 3.63) is 18.0 Å². The number of rotatable bonds is 7. The van der Waals surface area contributed by atoms with Crippen molar-refractivity contribution < 1.29 is 14.3 Å². The first-order chi connectivity index (χ1) is 13.6. The van der Waals surface area contributed by atoms with Gasteiger partial charge in [0.15, 0.2) is 0 Å². The molecule has 1 aliphatic carbocycles. The lowest BCUT2D eigenvalue weighted by molar-refractivity contribution is -0.136. The van der Waals surface area contributed by atoms with Crippen molar-refractivity contribution in [2.75, 3.05) is 39.4 Å². The van der Waals surface area contributed by atoms with Crippen molar-refractivity contribution in [1.29, 1.82) is 0 Å². The molecule has 0 bridgehead atoms. The Morgan fingerprint density at radius 1 is 1.18 bits per heavy atom. The Morgan fingerprint density at radius 2 is 1.93 bits per heavy atom. The molecule has 0 spiro atoms. The number of nitrogens with one attached hydrogen (secondary N) is 1. The molecule has 1 saturated carbocycles. The fourth-order valence-corrected chi connectivity index (χ4v) is 4.39. The first-order valence-electron chi connectivity index (χ1n) is 10.5. The summed E-state index contributed by atoms with van der Waals surface area (Å²) in [4.78, 5) is 29.6. The number of nitrogens with zero attached hydrogens (tertiary/aromatic N) is 4. The minimum absolute atomic E-state index is 0.0841. The summed E-state index contributed by atoms with van der Waals surface area (Å²) < 4.78 is 6.95. The van der Waals surface area contributed by atoms with Crippen LogP contribution >= 0.6 is 0 Å². The number of hydrogen-bond acceptors (Lipinski definition) is 5. The second kappa shape index (κ2) is 8.61. The van der Waals surface area contributed by atoms with Gasteiger partial charge in [0, 0.05) is 57.9 Å². The number of hydrogen-bond donors (Lipinski definition) is 1. The number of likely N-dealkylation sites (tertiary alicyclic amines) is 1. The van der Waals surface area contributed by atoms with Crippen molar-refractivity contribution in [3.8, 4) is 0 Å². The smallest absolute Gasteiger partial charge is 0.269 e. The van der Waals surface area contributed by atoms with Gasteiger partial charge in [-0.05, 0) is 37.7 Å². The molecule has 1 aromatic rings. The first kappa shape index (κ1) is 19.4. The molecule has 2 saturated heterocycles. The molecule has 3 aliphatic rings. The van der Waals surface area contributed by atoms with Gasteiger partial charge in [-0.15, -0.1) is 0 Å². The van der Waals surface area contributed by atoms with Crippen LogP contribution in [0, 0.1) is 5.92 Å². The summed E-state index contributed by atoms with van der Waals surface area (Å²) >= 11 is 0. The lowest BCUT2D eigenvalue weighted by Crippen LogP contribution is -2.47. The average Bonchev–Trinajstić information content (AvgIpc) is 3.31. The van der Waals surface area contributed by atoms with Gasteiger partial charge in [-0.1, -0.05) is 0 Å². The van der Waals surface area contributed by atoms with Gasteiger partial charge < -0.3 is 15.0 Å². The van der Waals surface area contributed by atoms with Gasteiger partial charge in [0.1, 0.15) is 5.69 Å². The molecule has 0 aromatic carbocycles. The molecule has 28 heavy (non-hydrogen) atoms. The Hall–Kier alpha value is -1.93. The number of carbonyl (C=O) groups excluding carboxylic acids is 2. The highest BCUT2D eigenvalue weighted by Crippen LogP contribution is 2.35. The Bertz CT molecular complexity index is 696. The van der Waals surface area contributed by atoms with Crippen molar-refractivity contribution in [2.24, 2.45) is 13.0 Å². The summed E-state index contributed by atoms with van der Waals surface area (Å²) in [6, 6.07) is 2.32. The van der Waals surface area contributed by atoms with E-state index in [1.54, 1.807) is 24.0 Å². The second-order valence-electron chi connectivity index (χ2n) is 8.27. The lowest BCUT2D eigenvalue weighted by atomic mass is 10.1. The predicted molar refractivity (Wildman–Crippen MR) is 104 cm³/mol. The molecular formula is C20H31N5O3. The molecule has 8 nitrogen and oxygen atoms in total. The average molecular weight is 390 g/mol. The standard InChI is InChI=1S/C20H31N5O3/c1-23-18(6-7-22-23)20(27)21-13-17-5-4-16(25(17)14-15-2-3-15)12-19(26)24-8-10-28-11-9-24/h6-7,15-17H,2-5,8-14H2,1H3,(H,21,27)/t16-,17+/m1/s1. The van der Waals surface area contributed by atoms with E-state index in [0.29, 0.717) is 51.0 Å². The van der Waals surface area contributed by atoms with Crippen molar-refractivity contribution in [2.45, 2.75) is 44.2 Å². The fourth-order valence-electron chi connectivity index (χ4n) is 4.39. The number of aromatic nitrogens is 2. The van der Waals surface area contributed by atoms with E-state index in [-0.39, 0.29) is 17.9 Å². The molecule has 2 amide bonds. The maximum Gasteiger partial charge on any atom is 0.269 e. The van der Waals surface area contributed by atoms with Crippen molar-refractivity contribution in [3.63, 3.8) is 0 Å². The number of carbonyl (C=O) groups is 2. The molecule has 2 atom stereocenters. The zero-order valence-corrected chi connectivity index (χ0v) is 16.7. The van der Waals surface area contributed by atoms with Gasteiger partial charge in [0.2, 0.25) is 5.91 Å². The highest BCUT2D eigenvalue weighted by molar-refractivity contribution is 5.92. The summed E-state index contributed by atoms with van der Waals surface area (Å²) in [5.74, 6) is 0.919. The van der Waals surface area contributed by atoms with Crippen LogP contribution in [-0.4, -0.2) is 82.9 Å². The topological polar surface area (TPSA) is 79.7 Å². The van der Waals surface area contributed by atoms with E-state index in [2.05, 4.69) is 15.3 Å². The molecule has 4 rings (SSSR count). The van der Waals surface area contributed by atoms with E-state index >= 15 is 0 Å². The van der Waals surface area contributed by atoms with Crippen LogP contribution in [0.15, 0.2) is 12.3 Å². The SMILES string of the molecule is Cn1nccc1C(=O)NC[C@@H]1CC[C@H](CC(=O)N2CCOCC2)N1CC1CC1. The molecule has 0 radical (unpaired) electrons. The number of morpholine rings is 1. The zero-order chi connectivity index (χ0) is 19.5. The molecule has 3 fully saturated rings. The fraction of sp³-hybridized carbons (Fsp3) is 0.750. The van der Waals surface area contributed by atoms with E-state index in [0.717, 1.165) is 25.3 Å². The Labute approximate surface area is 166 Å². The van der Waals surface area contributed by atoms with Crippen LogP contribution in [0.5, 0.6) is 0 Å². The molecular weight excluding hydrogens is 358 g/mol. The monoisotopic (exact) mass is 389 g/mol. The van der Waals surface area contributed by atoms with Gasteiger partial charge in [-0.3, -0.25) is 19.2 Å². The van der Waals surface area contributed by atoms with Crippen LogP contribution in [0.2, 0.25) is 0 Å². The van der Waals surface area contributed by atoms with Crippen molar-refractivity contribution >= 4 is 11.8 Å². The van der Waals surface area contributed by atoms with E-state index in [4.69, 9.17) is 4.74 Å². The van der Waals surface area contributed by atoms with Gasteiger partial charge in [-0.25, -0.2) is 0 Å². The summed E-state index contributed by atoms with van der Waals surface area (Å²) in [6.45, 7) is 4.37. The molecule has 154 valence electrons. The van der Waals surface area contributed by atoms with Crippen LogP contribution in [0.25, 0.3) is 0 Å². The van der Waals surface area contributed by atoms with Gasteiger partial charge in [0.05, 0.1) is 13.2 Å². The van der Waals surface area contributed by atoms with Crippen molar-refractivity contribution in [1.82, 2.24) is 24.9 Å². The van der Waals surface area contributed by atoms with Gasteiger partial charge in [-0.2, -0.15) is 5.10 Å². The van der Waals surface area contributed by atoms with Crippen LogP contribution < -0.4 is 5.32 Å². The van der Waals surface area contributed by atoms with E-state index in [1.807, 2.05) is 4.90 Å². The molecule has 8 heteroatoms. The normalized spacial score (nSPS) is 25.8. The number of ether oxygens (including phenoxy) is 1. The Kier molecular flexibility index (Phi) is 5.96. The maximum absolute atomic E-state index is 12.7. The molecule has 1 aromatic heterocycles. The lowest BCUT2D eigenvalue weighted by Gasteiger charge is -2.33. The second-order valence-corrected chi connectivity index (χ2v) is 8.27. The Balaban J connectivity index is 1.34. The van der Waals surface area contributed by atoms with Gasteiger partial charge in [0.25, 0.3) is 5.91 Å². The third-order valence-electron chi connectivity index (χ3n) is 6.26. The van der Waals surface area contributed by atoms with E-state index < -0.39 is 0 Å². The minimum atomic E-state index is -0.0841.